The number of imidazole rings is 1. The highest BCUT2D eigenvalue weighted by molar-refractivity contribution is 5.84. The molecule has 2 unspecified atom stereocenters. The Bertz CT molecular complexity index is 1220. The van der Waals surface area contributed by atoms with Gasteiger partial charge in [-0.2, -0.15) is 9.97 Å². The summed E-state index contributed by atoms with van der Waals surface area (Å²) in [5, 5.41) is 39.6. The molecule has 13 nitrogen and oxygen atoms in total. The minimum atomic E-state index is -2.27. The summed E-state index contributed by atoms with van der Waals surface area (Å²) in [6.45, 7) is 5.11. The molecule has 4 rings (SSSR count). The molecule has 0 bridgehead atoms. The smallest absolute Gasteiger partial charge is 0.335 e. The van der Waals surface area contributed by atoms with Crippen LogP contribution in [-0.4, -0.2) is 76.2 Å². The van der Waals surface area contributed by atoms with Crippen LogP contribution in [0.2, 0.25) is 0 Å². The van der Waals surface area contributed by atoms with Crippen LogP contribution in [0.5, 0.6) is 0 Å². The maximum Gasteiger partial charge on any atom is 0.335 e. The van der Waals surface area contributed by atoms with E-state index >= 15 is 0 Å². The molecule has 0 aliphatic heterocycles. The number of nitrogens with two attached hydrogens (primary N) is 1. The van der Waals surface area contributed by atoms with Gasteiger partial charge in [0.05, 0.1) is 6.33 Å². The zero-order chi connectivity index (χ0) is 29.2. The molecule has 8 N–H and O–H groups in total. The van der Waals surface area contributed by atoms with Gasteiger partial charge < -0.3 is 41.4 Å². The highest BCUT2D eigenvalue weighted by Gasteiger charge is 2.29. The van der Waals surface area contributed by atoms with E-state index in [2.05, 4.69) is 58.3 Å². The van der Waals surface area contributed by atoms with Crippen LogP contribution in [0.4, 0.5) is 11.8 Å². The monoisotopic (exact) mass is 557 g/mol. The summed E-state index contributed by atoms with van der Waals surface area (Å²) in [7, 11) is 0. The van der Waals surface area contributed by atoms with E-state index in [0.717, 1.165) is 55.5 Å². The third kappa shape index (κ3) is 8.10. The molecule has 1 fully saturated rings. The molecule has 1 aliphatic rings. The number of anilines is 2. The van der Waals surface area contributed by atoms with Gasteiger partial charge in [0, 0.05) is 24.7 Å². The second-order valence-electron chi connectivity index (χ2n) is 9.85. The fourth-order valence-corrected chi connectivity index (χ4v) is 4.55. The zero-order valence-corrected chi connectivity index (χ0v) is 22.8. The number of nitrogens with zero attached hydrogens (tertiary/aromatic N) is 4. The number of aliphatic carboxylic acids is 2. The van der Waals surface area contributed by atoms with Crippen LogP contribution in [0.1, 0.15) is 64.0 Å². The third-order valence-corrected chi connectivity index (χ3v) is 6.97. The molecule has 2 atom stereocenters. The molecule has 0 amide bonds. The normalized spacial score (nSPS) is 18.4. The third-order valence-electron chi connectivity index (χ3n) is 6.97. The van der Waals surface area contributed by atoms with Crippen LogP contribution >= 0.6 is 0 Å². The first-order valence-electron chi connectivity index (χ1n) is 13.5. The number of rotatable bonds is 11. The van der Waals surface area contributed by atoms with E-state index in [1.807, 2.05) is 12.4 Å². The molecule has 1 aliphatic carbocycles. The summed E-state index contributed by atoms with van der Waals surface area (Å²) in [4.78, 5) is 33.9. The zero-order valence-electron chi connectivity index (χ0n) is 22.8. The molecule has 40 heavy (non-hydrogen) atoms. The molecular weight excluding hydrogens is 518 g/mol. The van der Waals surface area contributed by atoms with Gasteiger partial charge in [0.1, 0.15) is 0 Å². The Balaban J connectivity index is 0.000000378. The molecule has 0 spiro atoms. The molecule has 2 aromatic heterocycles. The van der Waals surface area contributed by atoms with E-state index in [9.17, 15) is 9.59 Å². The molecule has 218 valence electrons. The standard InChI is InChI=1S/C23H33N7.C4H6O6/c1-3-19(4-2)30-15-26-20-21(25-14-16-8-6-5-7-9-16)28-23(29-22(20)30)27-18-12-10-17(24)11-13-18;5-1(3(7)8)2(6)4(9)10/h5-9,15,17-19H,3-4,10-14,24H2,1-2H3,(H2,25,27,28,29);1-2,5-6H,(H,7,8)(H,9,10). The lowest BCUT2D eigenvalue weighted by Gasteiger charge is -2.27. The quantitative estimate of drug-likeness (QED) is 0.181. The van der Waals surface area contributed by atoms with Crippen LogP contribution in [0.15, 0.2) is 36.7 Å². The van der Waals surface area contributed by atoms with Crippen LogP contribution < -0.4 is 16.4 Å². The van der Waals surface area contributed by atoms with E-state index in [0.29, 0.717) is 30.6 Å². The predicted molar refractivity (Wildman–Crippen MR) is 150 cm³/mol. The number of carboxylic acid groups (broad SMARTS) is 2. The SMILES string of the molecule is CCC(CC)n1cnc2c(NCc3ccccc3)nc(NC3CCC(N)CC3)nc21.O=C(O)C(O)C(O)C(=O)O. The Morgan fingerprint density at radius 1 is 1.00 bits per heavy atom. The largest absolute Gasteiger partial charge is 0.479 e. The molecule has 3 aromatic rings. The van der Waals surface area contributed by atoms with Crippen LogP contribution in [0, 0.1) is 0 Å². The van der Waals surface area contributed by atoms with Crippen LogP contribution in [-0.2, 0) is 16.1 Å². The van der Waals surface area contributed by atoms with Gasteiger partial charge >= 0.3 is 11.9 Å². The van der Waals surface area contributed by atoms with Gasteiger partial charge in [0.15, 0.2) is 29.2 Å². The lowest BCUT2D eigenvalue weighted by Crippen LogP contribution is -2.39. The van der Waals surface area contributed by atoms with Crippen molar-refractivity contribution < 1.29 is 30.0 Å². The number of aromatic nitrogens is 4. The van der Waals surface area contributed by atoms with Crippen molar-refractivity contribution in [3.05, 3.63) is 42.2 Å². The fraction of sp³-hybridized carbons (Fsp3) is 0.519. The number of aliphatic hydroxyl groups excluding tert-OH is 2. The summed E-state index contributed by atoms with van der Waals surface area (Å²) in [6.07, 6.45) is 3.67. The Labute approximate surface area is 232 Å². The van der Waals surface area contributed by atoms with E-state index in [1.165, 1.54) is 5.56 Å². The minimum Gasteiger partial charge on any atom is -0.479 e. The number of carboxylic acids is 2. The van der Waals surface area contributed by atoms with Gasteiger partial charge in [0.2, 0.25) is 5.95 Å². The van der Waals surface area contributed by atoms with Gasteiger partial charge in [-0.1, -0.05) is 44.2 Å². The fourth-order valence-electron chi connectivity index (χ4n) is 4.55. The van der Waals surface area contributed by atoms with Crippen molar-refractivity contribution in [3.8, 4) is 0 Å². The lowest BCUT2D eigenvalue weighted by atomic mass is 9.92. The second-order valence-corrected chi connectivity index (χ2v) is 9.85. The highest BCUT2D eigenvalue weighted by Crippen LogP contribution is 2.28. The van der Waals surface area contributed by atoms with Crippen molar-refractivity contribution in [1.82, 2.24) is 19.5 Å². The summed E-state index contributed by atoms with van der Waals surface area (Å²) in [5.41, 5.74) is 9.00. The highest BCUT2D eigenvalue weighted by atomic mass is 16.4. The van der Waals surface area contributed by atoms with Crippen LogP contribution in [0.25, 0.3) is 11.2 Å². The van der Waals surface area contributed by atoms with Gasteiger partial charge in [-0.15, -0.1) is 0 Å². The van der Waals surface area contributed by atoms with Crippen molar-refractivity contribution >= 4 is 34.9 Å². The molecule has 0 radical (unpaired) electrons. The van der Waals surface area contributed by atoms with E-state index in [1.54, 1.807) is 0 Å². The first kappa shape index (κ1) is 30.7. The van der Waals surface area contributed by atoms with Crippen molar-refractivity contribution in [3.63, 3.8) is 0 Å². The number of hydrogen-bond donors (Lipinski definition) is 7. The van der Waals surface area contributed by atoms with E-state index in [4.69, 9.17) is 36.1 Å². The van der Waals surface area contributed by atoms with E-state index in [-0.39, 0.29) is 0 Å². The summed E-state index contributed by atoms with van der Waals surface area (Å²) in [5.74, 6) is -2.08. The number of benzene rings is 1. The summed E-state index contributed by atoms with van der Waals surface area (Å²) < 4.78 is 2.20. The molecule has 1 saturated carbocycles. The average molecular weight is 558 g/mol. The van der Waals surface area contributed by atoms with Crippen molar-refractivity contribution in [1.29, 1.82) is 0 Å². The first-order chi connectivity index (χ1) is 19.1. The van der Waals surface area contributed by atoms with Crippen molar-refractivity contribution in [2.75, 3.05) is 10.6 Å². The Hall–Kier alpha value is -3.81. The minimum absolute atomic E-state index is 0.325. The van der Waals surface area contributed by atoms with E-state index < -0.39 is 24.1 Å². The molecule has 1 aromatic carbocycles. The Morgan fingerprint density at radius 2 is 1.60 bits per heavy atom. The summed E-state index contributed by atoms with van der Waals surface area (Å²) in [6, 6.07) is 11.4. The second kappa shape index (κ2) is 14.5. The maximum absolute atomic E-state index is 9.77. The number of carbonyl (C=O) groups is 2. The van der Waals surface area contributed by atoms with Gasteiger partial charge in [-0.3, -0.25) is 0 Å². The number of nitrogens with one attached hydrogen (secondary N) is 2. The van der Waals surface area contributed by atoms with Gasteiger partial charge in [0.25, 0.3) is 0 Å². The Kier molecular flexibility index (Phi) is 11.2. The van der Waals surface area contributed by atoms with Crippen molar-refractivity contribution in [2.24, 2.45) is 5.73 Å². The first-order valence-corrected chi connectivity index (χ1v) is 13.5. The van der Waals surface area contributed by atoms with Crippen molar-refractivity contribution in [2.45, 2.75) is 89.3 Å². The van der Waals surface area contributed by atoms with Gasteiger partial charge in [-0.05, 0) is 44.1 Å². The Morgan fingerprint density at radius 3 is 2.15 bits per heavy atom. The molecule has 2 heterocycles. The molecular formula is C27H39N7O6. The maximum atomic E-state index is 9.77. The molecule has 0 saturated heterocycles. The summed E-state index contributed by atoms with van der Waals surface area (Å²) >= 11 is 0. The number of fused-ring (bicyclic) bond motifs is 1. The average Bonchev–Trinajstić information content (AvgIpc) is 3.37. The predicted octanol–water partition coefficient (Wildman–Crippen LogP) is 2.36. The van der Waals surface area contributed by atoms with Crippen LogP contribution in [0.3, 0.4) is 0 Å². The number of aliphatic hydroxyl groups is 2. The topological polar surface area (TPSA) is 209 Å². The number of hydrogen-bond acceptors (Lipinski definition) is 10. The van der Waals surface area contributed by atoms with Gasteiger partial charge in [-0.25, -0.2) is 14.6 Å². The lowest BCUT2D eigenvalue weighted by molar-refractivity contribution is -0.165. The molecule has 13 heteroatoms.